The first kappa shape index (κ1) is 11.5. The van der Waals surface area contributed by atoms with E-state index in [-0.39, 0.29) is 0 Å². The van der Waals surface area contributed by atoms with Crippen LogP contribution in [0.1, 0.15) is 12.5 Å². The van der Waals surface area contributed by atoms with E-state index in [4.69, 9.17) is 12.2 Å². The van der Waals surface area contributed by atoms with Gasteiger partial charge in [-0.25, -0.2) is 0 Å². The highest BCUT2D eigenvalue weighted by Gasteiger charge is 2.08. The van der Waals surface area contributed by atoms with E-state index < -0.39 is 0 Å². The molecular weight excluding hydrogens is 286 g/mol. The largest absolute Gasteiger partial charge is 0.300 e. The molecule has 2 rings (SSSR count). The van der Waals surface area contributed by atoms with Crippen molar-refractivity contribution in [1.82, 2.24) is 14.8 Å². The number of aromatic amines is 1. The quantitative estimate of drug-likeness (QED) is 0.858. The molecule has 0 saturated heterocycles. The van der Waals surface area contributed by atoms with E-state index in [1.165, 1.54) is 5.56 Å². The lowest BCUT2D eigenvalue weighted by molar-refractivity contribution is 0.755. The van der Waals surface area contributed by atoms with Gasteiger partial charge in [0.25, 0.3) is 0 Å². The molecule has 16 heavy (non-hydrogen) atoms. The number of benzene rings is 1. The van der Waals surface area contributed by atoms with Crippen LogP contribution in [0.3, 0.4) is 0 Å². The van der Waals surface area contributed by atoms with Gasteiger partial charge >= 0.3 is 0 Å². The van der Waals surface area contributed by atoms with Crippen LogP contribution in [0.15, 0.2) is 22.7 Å². The van der Waals surface area contributed by atoms with Crippen LogP contribution in [-0.4, -0.2) is 14.8 Å². The standard InChI is InChI=1S/C11H12BrN3S/c1-3-15-10(13-14-11(15)16)8-4-5-9(12)7(2)6-8/h4-6H,3H2,1-2H3,(H,14,16). The van der Waals surface area contributed by atoms with E-state index in [9.17, 15) is 0 Å². The molecule has 1 aromatic carbocycles. The fourth-order valence-corrected chi connectivity index (χ4v) is 2.12. The van der Waals surface area contributed by atoms with Gasteiger partial charge in [0.1, 0.15) is 0 Å². The zero-order valence-electron chi connectivity index (χ0n) is 9.12. The molecule has 3 nitrogen and oxygen atoms in total. The Kier molecular flexibility index (Phi) is 3.25. The highest BCUT2D eigenvalue weighted by molar-refractivity contribution is 9.10. The minimum Gasteiger partial charge on any atom is -0.300 e. The van der Waals surface area contributed by atoms with Crippen molar-refractivity contribution in [3.63, 3.8) is 0 Å². The third kappa shape index (κ3) is 1.97. The molecule has 0 aliphatic heterocycles. The summed E-state index contributed by atoms with van der Waals surface area (Å²) in [5, 5.41) is 7.08. The highest BCUT2D eigenvalue weighted by atomic mass is 79.9. The van der Waals surface area contributed by atoms with Gasteiger partial charge < -0.3 is 4.57 Å². The van der Waals surface area contributed by atoms with Crippen LogP contribution in [0.5, 0.6) is 0 Å². The Balaban J connectivity index is 2.58. The summed E-state index contributed by atoms with van der Waals surface area (Å²) in [4.78, 5) is 0. The van der Waals surface area contributed by atoms with Gasteiger partial charge in [0, 0.05) is 16.6 Å². The number of hydrogen-bond donors (Lipinski definition) is 1. The lowest BCUT2D eigenvalue weighted by Crippen LogP contribution is -1.97. The Morgan fingerprint density at radius 3 is 2.88 bits per heavy atom. The van der Waals surface area contributed by atoms with Crippen molar-refractivity contribution in [3.05, 3.63) is 33.0 Å². The number of aryl methyl sites for hydroxylation is 1. The van der Waals surface area contributed by atoms with Crippen molar-refractivity contribution in [2.24, 2.45) is 0 Å². The van der Waals surface area contributed by atoms with Crippen LogP contribution in [0, 0.1) is 11.7 Å². The minimum absolute atomic E-state index is 0.665. The lowest BCUT2D eigenvalue weighted by atomic mass is 10.1. The van der Waals surface area contributed by atoms with Gasteiger partial charge in [0.05, 0.1) is 0 Å². The predicted molar refractivity (Wildman–Crippen MR) is 71.0 cm³/mol. The molecule has 2 aromatic rings. The number of aromatic nitrogens is 3. The molecule has 0 unspecified atom stereocenters. The van der Waals surface area contributed by atoms with E-state index in [0.29, 0.717) is 4.77 Å². The minimum atomic E-state index is 0.665. The van der Waals surface area contributed by atoms with Crippen molar-refractivity contribution in [1.29, 1.82) is 0 Å². The summed E-state index contributed by atoms with van der Waals surface area (Å²) in [6.45, 7) is 4.94. The number of nitrogens with zero attached hydrogens (tertiary/aromatic N) is 2. The van der Waals surface area contributed by atoms with E-state index in [1.54, 1.807) is 0 Å². The molecule has 0 atom stereocenters. The molecule has 0 radical (unpaired) electrons. The summed E-state index contributed by atoms with van der Waals surface area (Å²) in [7, 11) is 0. The first-order valence-corrected chi connectivity index (χ1v) is 6.25. The van der Waals surface area contributed by atoms with Gasteiger partial charge in [-0.05, 0) is 43.8 Å². The Bertz CT molecular complexity index is 571. The second kappa shape index (κ2) is 4.51. The smallest absolute Gasteiger partial charge is 0.195 e. The molecule has 0 saturated carbocycles. The molecule has 0 aliphatic carbocycles. The summed E-state index contributed by atoms with van der Waals surface area (Å²) in [6.07, 6.45) is 0. The number of halogens is 1. The lowest BCUT2D eigenvalue weighted by Gasteiger charge is -2.05. The highest BCUT2D eigenvalue weighted by Crippen LogP contribution is 2.23. The SMILES string of the molecule is CCn1c(-c2ccc(Br)c(C)c2)n[nH]c1=S. The predicted octanol–water partition coefficient (Wildman–Crippen LogP) is 3.70. The number of hydrogen-bond acceptors (Lipinski definition) is 2. The van der Waals surface area contributed by atoms with Gasteiger partial charge in [-0.15, -0.1) is 0 Å². The molecule has 0 amide bonds. The average Bonchev–Trinajstić information content (AvgIpc) is 2.63. The first-order valence-electron chi connectivity index (χ1n) is 5.05. The second-order valence-electron chi connectivity index (χ2n) is 3.56. The Hall–Kier alpha value is -0.940. The molecular formula is C11H12BrN3S. The maximum atomic E-state index is 5.17. The summed E-state index contributed by atoms with van der Waals surface area (Å²) in [5.41, 5.74) is 2.27. The summed E-state index contributed by atoms with van der Waals surface area (Å²) >= 11 is 8.65. The zero-order chi connectivity index (χ0) is 11.7. The van der Waals surface area contributed by atoms with Gasteiger partial charge in [0.2, 0.25) is 0 Å². The van der Waals surface area contributed by atoms with E-state index in [0.717, 1.165) is 22.4 Å². The molecule has 0 bridgehead atoms. The van der Waals surface area contributed by atoms with Gasteiger partial charge in [0.15, 0.2) is 10.6 Å². The number of rotatable bonds is 2. The van der Waals surface area contributed by atoms with Crippen LogP contribution in [0.25, 0.3) is 11.4 Å². The van der Waals surface area contributed by atoms with Crippen LogP contribution in [0.4, 0.5) is 0 Å². The molecule has 84 valence electrons. The Morgan fingerprint density at radius 1 is 1.50 bits per heavy atom. The van der Waals surface area contributed by atoms with Crippen LogP contribution in [0.2, 0.25) is 0 Å². The molecule has 0 aliphatic rings. The molecule has 1 heterocycles. The van der Waals surface area contributed by atoms with Crippen molar-refractivity contribution < 1.29 is 0 Å². The van der Waals surface area contributed by atoms with Crippen molar-refractivity contribution >= 4 is 28.1 Å². The monoisotopic (exact) mass is 297 g/mol. The third-order valence-corrected chi connectivity index (χ3v) is 3.69. The van der Waals surface area contributed by atoms with E-state index in [2.05, 4.69) is 46.0 Å². The third-order valence-electron chi connectivity index (χ3n) is 2.49. The first-order chi connectivity index (χ1) is 7.63. The maximum absolute atomic E-state index is 5.17. The Morgan fingerprint density at radius 2 is 2.25 bits per heavy atom. The molecule has 5 heteroatoms. The van der Waals surface area contributed by atoms with E-state index >= 15 is 0 Å². The fourth-order valence-electron chi connectivity index (χ4n) is 1.62. The molecule has 0 fully saturated rings. The van der Waals surface area contributed by atoms with Crippen LogP contribution >= 0.6 is 28.1 Å². The summed E-state index contributed by atoms with van der Waals surface area (Å²) < 4.78 is 3.75. The number of nitrogens with one attached hydrogen (secondary N) is 1. The maximum Gasteiger partial charge on any atom is 0.195 e. The summed E-state index contributed by atoms with van der Waals surface area (Å²) in [5.74, 6) is 0.892. The molecule has 1 N–H and O–H groups in total. The van der Waals surface area contributed by atoms with Crippen molar-refractivity contribution in [3.8, 4) is 11.4 Å². The van der Waals surface area contributed by atoms with Gasteiger partial charge in [-0.3, -0.25) is 5.10 Å². The fraction of sp³-hybridized carbons (Fsp3) is 0.273. The van der Waals surface area contributed by atoms with Crippen molar-refractivity contribution in [2.45, 2.75) is 20.4 Å². The van der Waals surface area contributed by atoms with Gasteiger partial charge in [-0.1, -0.05) is 22.0 Å². The molecule has 1 aromatic heterocycles. The summed E-state index contributed by atoms with van der Waals surface area (Å²) in [6, 6.07) is 6.16. The zero-order valence-corrected chi connectivity index (χ0v) is 11.5. The van der Waals surface area contributed by atoms with Crippen LogP contribution < -0.4 is 0 Å². The Labute approximate surface area is 108 Å². The second-order valence-corrected chi connectivity index (χ2v) is 4.80. The van der Waals surface area contributed by atoms with Gasteiger partial charge in [-0.2, -0.15) is 5.10 Å². The van der Waals surface area contributed by atoms with Crippen molar-refractivity contribution in [2.75, 3.05) is 0 Å². The molecule has 0 spiro atoms. The van der Waals surface area contributed by atoms with Crippen LogP contribution in [-0.2, 0) is 6.54 Å². The number of H-pyrrole nitrogens is 1. The normalized spacial score (nSPS) is 10.7. The van der Waals surface area contributed by atoms with E-state index in [1.807, 2.05) is 16.7 Å². The average molecular weight is 298 g/mol. The topological polar surface area (TPSA) is 33.6 Å².